The van der Waals surface area contributed by atoms with Crippen LogP contribution in [0.5, 0.6) is 0 Å². The van der Waals surface area contributed by atoms with Crippen molar-refractivity contribution in [2.75, 3.05) is 0 Å². The van der Waals surface area contributed by atoms with Gasteiger partial charge >= 0.3 is 0 Å². The fourth-order valence-corrected chi connectivity index (χ4v) is 2.13. The molecule has 1 aromatic heterocycles. The Hall–Kier alpha value is -0.280. The average Bonchev–Trinajstić information content (AvgIpc) is 2.70. The van der Waals surface area contributed by atoms with Crippen LogP contribution in [0.1, 0.15) is 63.7 Å². The highest BCUT2D eigenvalue weighted by Crippen LogP contribution is 2.22. The number of nitrogens with two attached hydrogens (primary N) is 1. The molecule has 2 nitrogen and oxygen atoms in total. The molecule has 0 bridgehead atoms. The molecule has 1 atom stereocenters. The first kappa shape index (κ1) is 13.8. The predicted molar refractivity (Wildman–Crippen MR) is 71.3 cm³/mol. The van der Waals surface area contributed by atoms with Gasteiger partial charge in [-0.3, -0.25) is 0 Å². The number of hydrogen-bond donors (Lipinski definition) is 1. The van der Waals surface area contributed by atoms with E-state index in [9.17, 15) is 0 Å². The first-order valence-corrected chi connectivity index (χ1v) is 7.04. The lowest BCUT2D eigenvalue weighted by molar-refractivity contribution is 0.426. The second-order valence-electron chi connectivity index (χ2n) is 4.30. The van der Waals surface area contributed by atoms with Gasteiger partial charge in [0, 0.05) is 0 Å². The van der Waals surface area contributed by atoms with Gasteiger partial charge in [0.25, 0.3) is 0 Å². The second-order valence-corrected chi connectivity index (χ2v) is 5.09. The molecule has 0 aliphatic carbocycles. The summed E-state index contributed by atoms with van der Waals surface area (Å²) in [5.41, 5.74) is 6.03. The molecule has 2 N–H and O–H groups in total. The van der Waals surface area contributed by atoms with E-state index >= 15 is 0 Å². The highest BCUT2D eigenvalue weighted by molar-refractivity contribution is 9.10. The molecule has 3 heteroatoms. The summed E-state index contributed by atoms with van der Waals surface area (Å²) < 4.78 is 6.20. The molecule has 1 heterocycles. The van der Waals surface area contributed by atoms with Crippen LogP contribution in [-0.2, 0) is 0 Å². The van der Waals surface area contributed by atoms with Gasteiger partial charge in [-0.25, -0.2) is 0 Å². The Morgan fingerprint density at radius 2 is 1.88 bits per heavy atom. The summed E-state index contributed by atoms with van der Waals surface area (Å²) in [4.78, 5) is 0. The molecular formula is C13H22BrNO. The summed E-state index contributed by atoms with van der Waals surface area (Å²) in [5, 5.41) is 0. The van der Waals surface area contributed by atoms with Crippen LogP contribution in [0.2, 0.25) is 0 Å². The summed E-state index contributed by atoms with van der Waals surface area (Å²) in [6.45, 7) is 2.24. The standard InChI is InChI=1S/C13H22BrNO/c1-2-3-4-5-6-7-8-11(15)12-9-10-13(14)16-12/h9-11H,2-8,15H2,1H3. The van der Waals surface area contributed by atoms with Crippen molar-refractivity contribution in [3.05, 3.63) is 22.6 Å². The Morgan fingerprint density at radius 3 is 2.50 bits per heavy atom. The van der Waals surface area contributed by atoms with Crippen molar-refractivity contribution < 1.29 is 4.42 Å². The van der Waals surface area contributed by atoms with Gasteiger partial charge < -0.3 is 10.2 Å². The second kappa shape index (κ2) is 7.91. The summed E-state index contributed by atoms with van der Waals surface area (Å²) in [7, 11) is 0. The monoisotopic (exact) mass is 287 g/mol. The maximum absolute atomic E-state index is 6.03. The predicted octanol–water partition coefficient (Wildman–Crippen LogP) is 4.79. The van der Waals surface area contributed by atoms with Gasteiger partial charge in [0.2, 0.25) is 0 Å². The third kappa shape index (κ3) is 5.17. The highest BCUT2D eigenvalue weighted by atomic mass is 79.9. The molecule has 92 valence electrons. The zero-order valence-corrected chi connectivity index (χ0v) is 11.6. The van der Waals surface area contributed by atoms with Crippen LogP contribution >= 0.6 is 15.9 Å². The van der Waals surface area contributed by atoms with Crippen LogP contribution in [-0.4, -0.2) is 0 Å². The van der Waals surface area contributed by atoms with E-state index in [0.29, 0.717) is 0 Å². The first-order valence-electron chi connectivity index (χ1n) is 6.25. The molecule has 1 unspecified atom stereocenters. The van der Waals surface area contributed by atoms with Crippen molar-refractivity contribution in [3.8, 4) is 0 Å². The minimum Gasteiger partial charge on any atom is -0.453 e. The first-order chi connectivity index (χ1) is 7.74. The van der Waals surface area contributed by atoms with Gasteiger partial charge in [-0.2, -0.15) is 0 Å². The van der Waals surface area contributed by atoms with Crippen LogP contribution in [0, 0.1) is 0 Å². The molecule has 1 aromatic rings. The number of halogens is 1. The van der Waals surface area contributed by atoms with E-state index in [1.54, 1.807) is 0 Å². The molecule has 0 saturated heterocycles. The third-order valence-corrected chi connectivity index (χ3v) is 3.25. The summed E-state index contributed by atoms with van der Waals surface area (Å²) in [6, 6.07) is 3.90. The number of furan rings is 1. The fraction of sp³-hybridized carbons (Fsp3) is 0.692. The van der Waals surface area contributed by atoms with E-state index in [2.05, 4.69) is 22.9 Å². The van der Waals surface area contributed by atoms with Crippen LogP contribution in [0.3, 0.4) is 0 Å². The van der Waals surface area contributed by atoms with E-state index in [4.69, 9.17) is 10.2 Å². The average molecular weight is 288 g/mol. The minimum atomic E-state index is 0.0532. The van der Waals surface area contributed by atoms with E-state index in [0.717, 1.165) is 16.9 Å². The van der Waals surface area contributed by atoms with Crippen molar-refractivity contribution in [1.82, 2.24) is 0 Å². The largest absolute Gasteiger partial charge is 0.453 e. The maximum atomic E-state index is 6.03. The number of hydrogen-bond acceptors (Lipinski definition) is 2. The smallest absolute Gasteiger partial charge is 0.169 e. The summed E-state index contributed by atoms with van der Waals surface area (Å²) in [6.07, 6.45) is 8.86. The maximum Gasteiger partial charge on any atom is 0.169 e. The van der Waals surface area contributed by atoms with Crippen LogP contribution in [0.15, 0.2) is 21.2 Å². The normalized spacial score (nSPS) is 12.9. The van der Waals surface area contributed by atoms with Gasteiger partial charge in [-0.15, -0.1) is 0 Å². The van der Waals surface area contributed by atoms with Crippen LogP contribution < -0.4 is 5.73 Å². The van der Waals surface area contributed by atoms with Gasteiger partial charge in [-0.1, -0.05) is 45.4 Å². The van der Waals surface area contributed by atoms with Crippen molar-refractivity contribution in [2.45, 2.75) is 57.9 Å². The molecular weight excluding hydrogens is 266 g/mol. The van der Waals surface area contributed by atoms with Gasteiger partial charge in [0.1, 0.15) is 5.76 Å². The summed E-state index contributed by atoms with van der Waals surface area (Å²) in [5.74, 6) is 0.889. The van der Waals surface area contributed by atoms with Crippen LogP contribution in [0.4, 0.5) is 0 Å². The van der Waals surface area contributed by atoms with Crippen molar-refractivity contribution in [2.24, 2.45) is 5.73 Å². The van der Waals surface area contributed by atoms with E-state index in [-0.39, 0.29) is 6.04 Å². The lowest BCUT2D eigenvalue weighted by Crippen LogP contribution is -2.08. The fourth-order valence-electron chi connectivity index (χ4n) is 1.81. The van der Waals surface area contributed by atoms with Crippen molar-refractivity contribution in [1.29, 1.82) is 0 Å². The topological polar surface area (TPSA) is 39.2 Å². The summed E-state index contributed by atoms with van der Waals surface area (Å²) >= 11 is 3.29. The Balaban J connectivity index is 2.09. The molecule has 16 heavy (non-hydrogen) atoms. The Morgan fingerprint density at radius 1 is 1.19 bits per heavy atom. The molecule has 0 aliphatic heterocycles. The zero-order chi connectivity index (χ0) is 11.8. The number of rotatable bonds is 8. The Bertz CT molecular complexity index is 285. The molecule has 0 aromatic carbocycles. The Labute approximate surface area is 107 Å². The van der Waals surface area contributed by atoms with Crippen molar-refractivity contribution >= 4 is 15.9 Å². The van der Waals surface area contributed by atoms with Crippen LogP contribution in [0.25, 0.3) is 0 Å². The molecule has 0 radical (unpaired) electrons. The number of unbranched alkanes of at least 4 members (excludes halogenated alkanes) is 5. The third-order valence-electron chi connectivity index (χ3n) is 2.83. The molecule has 1 rings (SSSR count). The molecule has 0 saturated carbocycles. The van der Waals surface area contributed by atoms with Gasteiger partial charge in [0.05, 0.1) is 6.04 Å². The lowest BCUT2D eigenvalue weighted by Gasteiger charge is -2.08. The molecule has 0 spiro atoms. The van der Waals surface area contributed by atoms with E-state index in [1.165, 1.54) is 38.5 Å². The molecule has 0 aliphatic rings. The van der Waals surface area contributed by atoms with Crippen molar-refractivity contribution in [3.63, 3.8) is 0 Å². The molecule has 0 amide bonds. The zero-order valence-electron chi connectivity index (χ0n) is 10.0. The quantitative estimate of drug-likeness (QED) is 0.698. The van der Waals surface area contributed by atoms with Gasteiger partial charge in [-0.05, 0) is 34.5 Å². The van der Waals surface area contributed by atoms with E-state index < -0.39 is 0 Å². The SMILES string of the molecule is CCCCCCCCC(N)c1ccc(Br)o1. The highest BCUT2D eigenvalue weighted by Gasteiger charge is 2.09. The lowest BCUT2D eigenvalue weighted by atomic mass is 10.0. The minimum absolute atomic E-state index is 0.0532. The molecule has 0 fully saturated rings. The van der Waals surface area contributed by atoms with E-state index in [1.807, 2.05) is 12.1 Å². The Kier molecular flexibility index (Phi) is 6.81. The van der Waals surface area contributed by atoms with Gasteiger partial charge in [0.15, 0.2) is 4.67 Å².